The molecular formula is C14H15N3O. The van der Waals surface area contributed by atoms with E-state index in [1.165, 1.54) is 0 Å². The summed E-state index contributed by atoms with van der Waals surface area (Å²) in [5, 5.41) is 11.8. The Morgan fingerprint density at radius 3 is 2.50 bits per heavy atom. The van der Waals surface area contributed by atoms with Crippen LogP contribution in [0.1, 0.15) is 12.0 Å². The Bertz CT molecular complexity index is 494. The summed E-state index contributed by atoms with van der Waals surface area (Å²) in [6.07, 6.45) is 8.00. The average Bonchev–Trinajstić information content (AvgIpc) is 2.42. The van der Waals surface area contributed by atoms with Crippen molar-refractivity contribution in [1.29, 1.82) is 0 Å². The summed E-state index contributed by atoms with van der Waals surface area (Å²) in [5.74, 6) is 0.584. The third-order valence-corrected chi connectivity index (χ3v) is 2.34. The fourth-order valence-electron chi connectivity index (χ4n) is 1.46. The van der Waals surface area contributed by atoms with Gasteiger partial charge in [-0.2, -0.15) is 0 Å². The standard InChI is InChI=1S/C14H15N3O/c18-11-2-1-4-12-5-7-13(8-6-12)17-14-15-9-3-10-16-14/h1,3-10,18H,2,11H2,(H,15,16,17)/b4-1+. The van der Waals surface area contributed by atoms with Crippen LogP contribution in [0.5, 0.6) is 0 Å². The molecule has 2 aromatic rings. The molecular weight excluding hydrogens is 226 g/mol. The van der Waals surface area contributed by atoms with Crippen molar-refractivity contribution in [3.8, 4) is 0 Å². The summed E-state index contributed by atoms with van der Waals surface area (Å²) in [4.78, 5) is 8.19. The third kappa shape index (κ3) is 3.68. The van der Waals surface area contributed by atoms with Crippen LogP contribution >= 0.6 is 0 Å². The quantitative estimate of drug-likeness (QED) is 0.844. The maximum Gasteiger partial charge on any atom is 0.227 e. The van der Waals surface area contributed by atoms with Gasteiger partial charge in [-0.05, 0) is 30.2 Å². The monoisotopic (exact) mass is 241 g/mol. The van der Waals surface area contributed by atoms with E-state index in [0.29, 0.717) is 12.4 Å². The van der Waals surface area contributed by atoms with Crippen LogP contribution in [0.3, 0.4) is 0 Å². The molecule has 0 unspecified atom stereocenters. The van der Waals surface area contributed by atoms with Crippen LogP contribution in [0.2, 0.25) is 0 Å². The summed E-state index contributed by atoms with van der Waals surface area (Å²) in [6.45, 7) is 0.182. The van der Waals surface area contributed by atoms with E-state index >= 15 is 0 Å². The van der Waals surface area contributed by atoms with Crippen LogP contribution in [0.25, 0.3) is 6.08 Å². The van der Waals surface area contributed by atoms with E-state index in [4.69, 9.17) is 5.11 Å². The van der Waals surface area contributed by atoms with Gasteiger partial charge in [0.15, 0.2) is 0 Å². The normalized spacial score (nSPS) is 10.7. The number of aliphatic hydroxyl groups is 1. The van der Waals surface area contributed by atoms with Crippen molar-refractivity contribution < 1.29 is 5.11 Å². The summed E-state index contributed by atoms with van der Waals surface area (Å²) >= 11 is 0. The lowest BCUT2D eigenvalue weighted by atomic mass is 10.2. The highest BCUT2D eigenvalue weighted by Gasteiger charge is 1.95. The van der Waals surface area contributed by atoms with Crippen molar-refractivity contribution in [3.63, 3.8) is 0 Å². The number of aromatic nitrogens is 2. The maximum atomic E-state index is 8.68. The largest absolute Gasteiger partial charge is 0.396 e. The molecule has 92 valence electrons. The Kier molecular flexibility index (Phi) is 4.44. The minimum absolute atomic E-state index is 0.182. The molecule has 1 aromatic carbocycles. The lowest BCUT2D eigenvalue weighted by molar-refractivity contribution is 0.303. The third-order valence-electron chi connectivity index (χ3n) is 2.34. The smallest absolute Gasteiger partial charge is 0.227 e. The molecule has 4 heteroatoms. The second kappa shape index (κ2) is 6.51. The highest BCUT2D eigenvalue weighted by molar-refractivity contribution is 5.58. The van der Waals surface area contributed by atoms with Crippen LogP contribution < -0.4 is 5.32 Å². The van der Waals surface area contributed by atoms with Gasteiger partial charge in [-0.25, -0.2) is 9.97 Å². The van der Waals surface area contributed by atoms with E-state index in [0.717, 1.165) is 11.3 Å². The van der Waals surface area contributed by atoms with Crippen LogP contribution in [-0.4, -0.2) is 21.7 Å². The highest BCUT2D eigenvalue weighted by atomic mass is 16.2. The minimum atomic E-state index is 0.182. The lowest BCUT2D eigenvalue weighted by Crippen LogP contribution is -1.95. The van der Waals surface area contributed by atoms with Gasteiger partial charge in [0, 0.05) is 24.7 Å². The molecule has 0 saturated heterocycles. The van der Waals surface area contributed by atoms with Crippen LogP contribution in [-0.2, 0) is 0 Å². The zero-order valence-electron chi connectivity index (χ0n) is 9.95. The molecule has 0 amide bonds. The highest BCUT2D eigenvalue weighted by Crippen LogP contribution is 2.14. The molecule has 0 aliphatic heterocycles. The first-order valence-electron chi connectivity index (χ1n) is 5.80. The first kappa shape index (κ1) is 12.3. The van der Waals surface area contributed by atoms with E-state index in [9.17, 15) is 0 Å². The van der Waals surface area contributed by atoms with Crippen LogP contribution in [0.15, 0.2) is 48.8 Å². The Labute approximate surface area is 106 Å². The zero-order valence-corrected chi connectivity index (χ0v) is 9.95. The first-order chi connectivity index (χ1) is 8.88. The van der Waals surface area contributed by atoms with Crippen LogP contribution in [0, 0.1) is 0 Å². The van der Waals surface area contributed by atoms with E-state index in [2.05, 4.69) is 15.3 Å². The fourth-order valence-corrected chi connectivity index (χ4v) is 1.46. The molecule has 0 radical (unpaired) electrons. The number of rotatable bonds is 5. The van der Waals surface area contributed by atoms with Gasteiger partial charge in [-0.3, -0.25) is 0 Å². The Morgan fingerprint density at radius 1 is 1.11 bits per heavy atom. The van der Waals surface area contributed by atoms with Gasteiger partial charge in [0.05, 0.1) is 0 Å². The predicted octanol–water partition coefficient (Wildman–Crippen LogP) is 2.62. The number of anilines is 2. The van der Waals surface area contributed by atoms with E-state index in [1.54, 1.807) is 18.5 Å². The molecule has 0 bridgehead atoms. The van der Waals surface area contributed by atoms with Crippen LogP contribution in [0.4, 0.5) is 11.6 Å². The van der Waals surface area contributed by atoms with Gasteiger partial charge < -0.3 is 10.4 Å². The second-order valence-corrected chi connectivity index (χ2v) is 3.73. The van der Waals surface area contributed by atoms with Gasteiger partial charge in [0.25, 0.3) is 0 Å². The second-order valence-electron chi connectivity index (χ2n) is 3.73. The topological polar surface area (TPSA) is 58.0 Å². The van der Waals surface area contributed by atoms with Gasteiger partial charge in [-0.15, -0.1) is 0 Å². The fraction of sp³-hybridized carbons (Fsp3) is 0.143. The van der Waals surface area contributed by atoms with Gasteiger partial charge in [-0.1, -0.05) is 24.3 Å². The molecule has 0 aliphatic rings. The summed E-state index contributed by atoms with van der Waals surface area (Å²) < 4.78 is 0. The Hall–Kier alpha value is -2.20. The maximum absolute atomic E-state index is 8.68. The molecule has 18 heavy (non-hydrogen) atoms. The van der Waals surface area contributed by atoms with Crippen molar-refractivity contribution in [3.05, 3.63) is 54.4 Å². The zero-order chi connectivity index (χ0) is 12.6. The molecule has 4 nitrogen and oxygen atoms in total. The molecule has 2 rings (SSSR count). The molecule has 0 spiro atoms. The molecule has 0 aliphatic carbocycles. The van der Waals surface area contributed by atoms with E-state index in [1.807, 2.05) is 36.4 Å². The van der Waals surface area contributed by atoms with Crippen molar-refractivity contribution in [2.45, 2.75) is 6.42 Å². The molecule has 2 N–H and O–H groups in total. The Balaban J connectivity index is 2.00. The summed E-state index contributed by atoms with van der Waals surface area (Å²) in [5.41, 5.74) is 2.04. The number of benzene rings is 1. The molecule has 0 atom stereocenters. The lowest BCUT2D eigenvalue weighted by Gasteiger charge is -2.04. The van der Waals surface area contributed by atoms with Crippen molar-refractivity contribution in [2.75, 3.05) is 11.9 Å². The summed E-state index contributed by atoms with van der Waals surface area (Å²) in [6, 6.07) is 9.71. The molecule has 1 aromatic heterocycles. The number of nitrogens with zero attached hydrogens (tertiary/aromatic N) is 2. The minimum Gasteiger partial charge on any atom is -0.396 e. The van der Waals surface area contributed by atoms with Crippen molar-refractivity contribution in [1.82, 2.24) is 9.97 Å². The predicted molar refractivity (Wildman–Crippen MR) is 72.5 cm³/mol. The number of hydrogen-bond donors (Lipinski definition) is 2. The molecule has 1 heterocycles. The summed E-state index contributed by atoms with van der Waals surface area (Å²) in [7, 11) is 0. The first-order valence-corrected chi connectivity index (χ1v) is 5.80. The number of hydrogen-bond acceptors (Lipinski definition) is 4. The van der Waals surface area contributed by atoms with Gasteiger partial charge >= 0.3 is 0 Å². The van der Waals surface area contributed by atoms with Crippen molar-refractivity contribution >= 4 is 17.7 Å². The van der Waals surface area contributed by atoms with Gasteiger partial charge in [0.1, 0.15) is 0 Å². The van der Waals surface area contributed by atoms with E-state index < -0.39 is 0 Å². The number of aliphatic hydroxyl groups excluding tert-OH is 1. The van der Waals surface area contributed by atoms with E-state index in [-0.39, 0.29) is 6.61 Å². The van der Waals surface area contributed by atoms with Gasteiger partial charge in [0.2, 0.25) is 5.95 Å². The average molecular weight is 241 g/mol. The van der Waals surface area contributed by atoms with Crippen molar-refractivity contribution in [2.24, 2.45) is 0 Å². The molecule has 0 saturated carbocycles. The SMILES string of the molecule is OCC/C=C/c1ccc(Nc2ncccn2)cc1. The molecule has 0 fully saturated rings. The number of nitrogens with one attached hydrogen (secondary N) is 1. The Morgan fingerprint density at radius 2 is 1.83 bits per heavy atom.